The van der Waals surface area contributed by atoms with Crippen LogP contribution in [0.15, 0.2) is 12.1 Å². The Morgan fingerprint density at radius 3 is 1.80 bits per heavy atom. The Morgan fingerprint density at radius 2 is 1.44 bits per heavy atom. The van der Waals surface area contributed by atoms with E-state index in [9.17, 15) is 9.90 Å². The first kappa shape index (κ1) is 21.7. The monoisotopic (exact) mass is 350 g/mol. The molecule has 4 heteroatoms. The molecule has 0 aromatic heterocycles. The van der Waals surface area contributed by atoms with Crippen LogP contribution in [0.5, 0.6) is 5.75 Å². The summed E-state index contributed by atoms with van der Waals surface area (Å²) in [7, 11) is 3.07. The van der Waals surface area contributed by atoms with E-state index in [4.69, 9.17) is 9.47 Å². The van der Waals surface area contributed by atoms with E-state index in [1.807, 2.05) is 12.1 Å². The van der Waals surface area contributed by atoms with Crippen molar-refractivity contribution in [2.45, 2.75) is 77.9 Å². The van der Waals surface area contributed by atoms with Gasteiger partial charge in [-0.25, -0.2) is 0 Å². The third-order valence-electron chi connectivity index (χ3n) is 4.40. The second-order valence-corrected chi connectivity index (χ2v) is 8.68. The molecule has 0 heterocycles. The van der Waals surface area contributed by atoms with Crippen molar-refractivity contribution in [2.75, 3.05) is 14.2 Å². The molecule has 0 fully saturated rings. The average Bonchev–Trinajstić information content (AvgIpc) is 2.49. The molecule has 142 valence electrons. The summed E-state index contributed by atoms with van der Waals surface area (Å²) in [6.07, 6.45) is 0.846. The van der Waals surface area contributed by atoms with Crippen LogP contribution in [-0.4, -0.2) is 31.4 Å². The van der Waals surface area contributed by atoms with Crippen LogP contribution in [0, 0.1) is 0 Å². The number of rotatable bonds is 7. The SMILES string of the molecule is COC(CC(=O)CCc1cc(C(C)(C)C)c(O)c(C(C)(C)C)c1)OC. The average molecular weight is 350 g/mol. The lowest BCUT2D eigenvalue weighted by molar-refractivity contribution is -0.137. The van der Waals surface area contributed by atoms with Gasteiger partial charge in [0.2, 0.25) is 0 Å². The van der Waals surface area contributed by atoms with E-state index < -0.39 is 6.29 Å². The number of carbonyl (C=O) groups excluding carboxylic acids is 1. The number of carbonyl (C=O) groups is 1. The Bertz CT molecular complexity index is 552. The summed E-state index contributed by atoms with van der Waals surface area (Å²) in [5.41, 5.74) is 2.60. The first-order chi connectivity index (χ1) is 11.4. The maximum atomic E-state index is 12.2. The van der Waals surface area contributed by atoms with Gasteiger partial charge in [0, 0.05) is 20.6 Å². The summed E-state index contributed by atoms with van der Waals surface area (Å²) in [6.45, 7) is 12.5. The zero-order chi connectivity index (χ0) is 19.4. The van der Waals surface area contributed by atoms with Crippen molar-refractivity contribution in [3.05, 3.63) is 28.8 Å². The largest absolute Gasteiger partial charge is 0.507 e. The lowest BCUT2D eigenvalue weighted by atomic mass is 9.78. The van der Waals surface area contributed by atoms with Crippen LogP contribution in [-0.2, 0) is 31.5 Å². The van der Waals surface area contributed by atoms with Crippen LogP contribution in [0.25, 0.3) is 0 Å². The lowest BCUT2D eigenvalue weighted by Gasteiger charge is -2.28. The predicted molar refractivity (Wildman–Crippen MR) is 101 cm³/mol. The Hall–Kier alpha value is -1.39. The number of aryl methyl sites for hydroxylation is 1. The third kappa shape index (κ3) is 6.12. The van der Waals surface area contributed by atoms with Crippen molar-refractivity contribution < 1.29 is 19.4 Å². The zero-order valence-electron chi connectivity index (χ0n) is 17.0. The van der Waals surface area contributed by atoms with Gasteiger partial charge < -0.3 is 14.6 Å². The van der Waals surface area contributed by atoms with Gasteiger partial charge in [-0.3, -0.25) is 4.79 Å². The van der Waals surface area contributed by atoms with Gasteiger partial charge >= 0.3 is 0 Å². The molecule has 0 aliphatic rings. The third-order valence-corrected chi connectivity index (χ3v) is 4.40. The van der Waals surface area contributed by atoms with Crippen molar-refractivity contribution in [3.63, 3.8) is 0 Å². The smallest absolute Gasteiger partial charge is 0.163 e. The molecule has 0 saturated carbocycles. The van der Waals surface area contributed by atoms with Crippen LogP contribution in [0.4, 0.5) is 0 Å². The molecule has 1 rings (SSSR count). The van der Waals surface area contributed by atoms with Crippen LogP contribution < -0.4 is 0 Å². The number of hydrogen-bond donors (Lipinski definition) is 1. The van der Waals surface area contributed by atoms with E-state index >= 15 is 0 Å². The summed E-state index contributed by atoms with van der Waals surface area (Å²) in [4.78, 5) is 12.2. The number of phenolic OH excluding ortho intramolecular Hbond substituents is 1. The first-order valence-electron chi connectivity index (χ1n) is 8.84. The Kier molecular flexibility index (Phi) is 7.21. The molecule has 0 atom stereocenters. The van der Waals surface area contributed by atoms with Gasteiger partial charge in [-0.1, -0.05) is 53.7 Å². The highest BCUT2D eigenvalue weighted by molar-refractivity contribution is 5.79. The molecule has 1 N–H and O–H groups in total. The quantitative estimate of drug-likeness (QED) is 0.736. The molecular weight excluding hydrogens is 316 g/mol. The van der Waals surface area contributed by atoms with Crippen LogP contribution in [0.1, 0.15) is 71.1 Å². The Morgan fingerprint density at radius 1 is 1.00 bits per heavy atom. The van der Waals surface area contributed by atoms with Crippen molar-refractivity contribution >= 4 is 5.78 Å². The minimum absolute atomic E-state index is 0.108. The molecule has 0 aliphatic carbocycles. The Labute approximate surface area is 152 Å². The van der Waals surface area contributed by atoms with Crippen molar-refractivity contribution in [1.82, 2.24) is 0 Å². The molecule has 0 amide bonds. The van der Waals surface area contributed by atoms with Gasteiger partial charge in [0.25, 0.3) is 0 Å². The molecule has 1 aromatic carbocycles. The molecule has 0 bridgehead atoms. The minimum Gasteiger partial charge on any atom is -0.507 e. The molecule has 0 spiro atoms. The molecule has 0 radical (unpaired) electrons. The van der Waals surface area contributed by atoms with Gasteiger partial charge in [-0.15, -0.1) is 0 Å². The van der Waals surface area contributed by atoms with Crippen molar-refractivity contribution in [3.8, 4) is 5.75 Å². The zero-order valence-corrected chi connectivity index (χ0v) is 17.0. The van der Waals surface area contributed by atoms with E-state index in [1.54, 1.807) is 0 Å². The topological polar surface area (TPSA) is 55.8 Å². The molecular formula is C21H34O4. The fourth-order valence-electron chi connectivity index (χ4n) is 2.82. The van der Waals surface area contributed by atoms with Crippen LogP contribution in [0.2, 0.25) is 0 Å². The molecule has 4 nitrogen and oxygen atoms in total. The first-order valence-corrected chi connectivity index (χ1v) is 8.84. The maximum Gasteiger partial charge on any atom is 0.163 e. The van der Waals surface area contributed by atoms with Crippen molar-refractivity contribution in [2.24, 2.45) is 0 Å². The highest BCUT2D eigenvalue weighted by atomic mass is 16.7. The predicted octanol–water partition coefficient (Wildman–Crippen LogP) is 4.50. The summed E-state index contributed by atoms with van der Waals surface area (Å²) >= 11 is 0. The molecule has 0 aliphatic heterocycles. The van der Waals surface area contributed by atoms with Gasteiger partial charge in [0.1, 0.15) is 11.5 Å². The second-order valence-electron chi connectivity index (χ2n) is 8.68. The number of ether oxygens (including phenoxy) is 2. The molecule has 25 heavy (non-hydrogen) atoms. The van der Waals surface area contributed by atoms with Gasteiger partial charge in [0.15, 0.2) is 6.29 Å². The number of ketones is 1. The standard InChI is InChI=1S/C21H34O4/c1-20(2,3)16-11-14(12-17(19(16)23)21(4,5)6)9-10-15(22)13-18(24-7)25-8/h11-12,18,23H,9-10,13H2,1-8H3. The van der Waals surface area contributed by atoms with Gasteiger partial charge in [0.05, 0.1) is 6.42 Å². The number of methoxy groups -OCH3 is 2. The highest BCUT2D eigenvalue weighted by Gasteiger charge is 2.26. The van der Waals surface area contributed by atoms with Crippen molar-refractivity contribution in [1.29, 1.82) is 0 Å². The summed E-state index contributed by atoms with van der Waals surface area (Å²) in [5.74, 6) is 0.477. The fourth-order valence-corrected chi connectivity index (χ4v) is 2.82. The number of benzene rings is 1. The maximum absolute atomic E-state index is 12.2. The highest BCUT2D eigenvalue weighted by Crippen LogP contribution is 2.40. The minimum atomic E-state index is -0.484. The van der Waals surface area contributed by atoms with E-state index in [2.05, 4.69) is 41.5 Å². The van der Waals surface area contributed by atoms with Crippen LogP contribution >= 0.6 is 0 Å². The normalized spacial score (nSPS) is 12.7. The van der Waals surface area contributed by atoms with Crippen LogP contribution in [0.3, 0.4) is 0 Å². The van der Waals surface area contributed by atoms with E-state index in [0.717, 1.165) is 16.7 Å². The molecule has 0 saturated heterocycles. The molecule has 0 unspecified atom stereocenters. The number of Topliss-reactive ketones (excluding diaryl/α,β-unsaturated/α-hetero) is 1. The molecule has 1 aromatic rings. The lowest BCUT2D eigenvalue weighted by Crippen LogP contribution is -2.19. The summed E-state index contributed by atoms with van der Waals surface area (Å²) in [5, 5.41) is 10.7. The number of hydrogen-bond acceptors (Lipinski definition) is 4. The number of phenols is 1. The number of aromatic hydroxyl groups is 1. The van der Waals surface area contributed by atoms with Gasteiger partial charge in [-0.05, 0) is 33.9 Å². The van der Waals surface area contributed by atoms with Gasteiger partial charge in [-0.2, -0.15) is 0 Å². The Balaban J connectivity index is 3.06. The van der Waals surface area contributed by atoms with E-state index in [1.165, 1.54) is 14.2 Å². The second kappa shape index (κ2) is 8.33. The summed E-state index contributed by atoms with van der Waals surface area (Å²) < 4.78 is 10.2. The van der Waals surface area contributed by atoms with E-state index in [0.29, 0.717) is 18.6 Å². The fraction of sp³-hybridized carbons (Fsp3) is 0.667. The summed E-state index contributed by atoms with van der Waals surface area (Å²) in [6, 6.07) is 4.06. The van der Waals surface area contributed by atoms with E-state index in [-0.39, 0.29) is 23.0 Å².